The standard InChI is InChI=1S/C14H26N2S/c15-10-14(7-9-17-12-14)16-8-6-13(11-16)4-2-1-3-5-13/h1-12,15H2. The highest BCUT2D eigenvalue weighted by atomic mass is 32.2. The van der Waals surface area contributed by atoms with Gasteiger partial charge in [0.25, 0.3) is 0 Å². The van der Waals surface area contributed by atoms with Crippen molar-refractivity contribution in [3.8, 4) is 0 Å². The summed E-state index contributed by atoms with van der Waals surface area (Å²) in [5, 5.41) is 0. The van der Waals surface area contributed by atoms with Gasteiger partial charge in [-0.15, -0.1) is 0 Å². The average Bonchev–Trinajstić information content (AvgIpc) is 2.98. The number of hydrogen-bond donors (Lipinski definition) is 1. The number of likely N-dealkylation sites (tertiary alicyclic amines) is 1. The van der Waals surface area contributed by atoms with E-state index in [0.717, 1.165) is 6.54 Å². The molecule has 1 unspecified atom stereocenters. The van der Waals surface area contributed by atoms with E-state index in [9.17, 15) is 0 Å². The van der Waals surface area contributed by atoms with Gasteiger partial charge in [0, 0.05) is 24.4 Å². The number of rotatable bonds is 2. The maximum absolute atomic E-state index is 6.11. The van der Waals surface area contributed by atoms with Crippen molar-refractivity contribution in [2.24, 2.45) is 11.1 Å². The molecular formula is C14H26N2S. The predicted octanol–water partition coefficient (Wildman–Crippen LogP) is 2.48. The first-order chi connectivity index (χ1) is 8.29. The first-order valence-corrected chi connectivity index (χ1v) is 8.47. The van der Waals surface area contributed by atoms with Gasteiger partial charge < -0.3 is 5.73 Å². The summed E-state index contributed by atoms with van der Waals surface area (Å²) in [7, 11) is 0. The van der Waals surface area contributed by atoms with E-state index in [0.29, 0.717) is 11.0 Å². The Morgan fingerprint density at radius 3 is 2.53 bits per heavy atom. The van der Waals surface area contributed by atoms with Gasteiger partial charge in [-0.1, -0.05) is 19.3 Å². The Morgan fingerprint density at radius 2 is 1.88 bits per heavy atom. The van der Waals surface area contributed by atoms with Crippen molar-refractivity contribution in [3.63, 3.8) is 0 Å². The molecule has 2 saturated heterocycles. The van der Waals surface area contributed by atoms with Crippen LogP contribution in [0.5, 0.6) is 0 Å². The van der Waals surface area contributed by atoms with Crippen molar-refractivity contribution in [1.82, 2.24) is 4.90 Å². The van der Waals surface area contributed by atoms with E-state index in [4.69, 9.17) is 5.73 Å². The lowest BCUT2D eigenvalue weighted by Crippen LogP contribution is -2.53. The fourth-order valence-corrected chi connectivity index (χ4v) is 5.68. The molecule has 3 aliphatic rings. The van der Waals surface area contributed by atoms with Gasteiger partial charge in [-0.25, -0.2) is 0 Å². The molecule has 17 heavy (non-hydrogen) atoms. The number of thioether (sulfide) groups is 1. The second-order valence-corrected chi connectivity index (χ2v) is 7.57. The van der Waals surface area contributed by atoms with Gasteiger partial charge in [0.2, 0.25) is 0 Å². The maximum Gasteiger partial charge on any atom is 0.0429 e. The van der Waals surface area contributed by atoms with Crippen molar-refractivity contribution in [3.05, 3.63) is 0 Å². The third-order valence-electron chi connectivity index (χ3n) is 5.49. The van der Waals surface area contributed by atoms with Crippen LogP contribution in [0.3, 0.4) is 0 Å². The van der Waals surface area contributed by atoms with Gasteiger partial charge in [0.15, 0.2) is 0 Å². The summed E-state index contributed by atoms with van der Waals surface area (Å²) in [6, 6.07) is 0. The Bertz CT molecular complexity index is 267. The van der Waals surface area contributed by atoms with Crippen LogP contribution in [0.4, 0.5) is 0 Å². The molecular weight excluding hydrogens is 228 g/mol. The second kappa shape index (κ2) is 4.75. The zero-order valence-electron chi connectivity index (χ0n) is 10.9. The van der Waals surface area contributed by atoms with Crippen LogP contribution in [0.1, 0.15) is 44.9 Å². The van der Waals surface area contributed by atoms with Gasteiger partial charge in [0.05, 0.1) is 0 Å². The molecule has 2 heterocycles. The summed E-state index contributed by atoms with van der Waals surface area (Å²) >= 11 is 2.11. The molecule has 0 radical (unpaired) electrons. The lowest BCUT2D eigenvalue weighted by atomic mass is 9.73. The Kier molecular flexibility index (Phi) is 3.44. The summed E-state index contributed by atoms with van der Waals surface area (Å²) in [6.45, 7) is 3.54. The molecule has 1 spiro atoms. The molecule has 0 aromatic carbocycles. The smallest absolute Gasteiger partial charge is 0.0429 e. The van der Waals surface area contributed by atoms with Crippen LogP contribution < -0.4 is 5.73 Å². The number of hydrogen-bond acceptors (Lipinski definition) is 3. The highest BCUT2D eigenvalue weighted by molar-refractivity contribution is 7.99. The van der Waals surface area contributed by atoms with Crippen molar-refractivity contribution < 1.29 is 0 Å². The van der Waals surface area contributed by atoms with Crippen LogP contribution in [-0.2, 0) is 0 Å². The van der Waals surface area contributed by atoms with Crippen molar-refractivity contribution >= 4 is 11.8 Å². The quantitative estimate of drug-likeness (QED) is 0.821. The second-order valence-electron chi connectivity index (χ2n) is 6.46. The molecule has 1 aliphatic carbocycles. The lowest BCUT2D eigenvalue weighted by Gasteiger charge is -2.40. The molecule has 0 aromatic heterocycles. The molecule has 1 saturated carbocycles. The fourth-order valence-electron chi connectivity index (χ4n) is 4.19. The minimum absolute atomic E-state index is 0.367. The van der Waals surface area contributed by atoms with E-state index < -0.39 is 0 Å². The zero-order valence-corrected chi connectivity index (χ0v) is 11.7. The molecule has 2 nitrogen and oxygen atoms in total. The summed E-state index contributed by atoms with van der Waals surface area (Å²) < 4.78 is 0. The molecule has 0 aromatic rings. The van der Waals surface area contributed by atoms with Crippen LogP contribution in [-0.4, -0.2) is 41.6 Å². The van der Waals surface area contributed by atoms with Gasteiger partial charge in [-0.3, -0.25) is 4.90 Å². The van der Waals surface area contributed by atoms with Crippen molar-refractivity contribution in [2.45, 2.75) is 50.5 Å². The summed E-state index contributed by atoms with van der Waals surface area (Å²) in [6.07, 6.45) is 10.1. The van der Waals surface area contributed by atoms with Gasteiger partial charge in [-0.05, 0) is 43.4 Å². The van der Waals surface area contributed by atoms with Crippen LogP contribution >= 0.6 is 11.8 Å². The number of nitrogens with two attached hydrogens (primary N) is 1. The molecule has 0 amide bonds. The molecule has 3 heteroatoms. The first kappa shape index (κ1) is 12.3. The minimum Gasteiger partial charge on any atom is -0.329 e. The van der Waals surface area contributed by atoms with Crippen molar-refractivity contribution in [2.75, 3.05) is 31.1 Å². The van der Waals surface area contributed by atoms with E-state index in [1.54, 1.807) is 0 Å². The monoisotopic (exact) mass is 254 g/mol. The van der Waals surface area contributed by atoms with Crippen LogP contribution in [0, 0.1) is 5.41 Å². The van der Waals surface area contributed by atoms with Gasteiger partial charge >= 0.3 is 0 Å². The Labute approximate surface area is 110 Å². The highest BCUT2D eigenvalue weighted by Gasteiger charge is 2.47. The van der Waals surface area contributed by atoms with E-state index in [2.05, 4.69) is 16.7 Å². The summed E-state index contributed by atoms with van der Waals surface area (Å²) in [5.41, 5.74) is 7.17. The SMILES string of the molecule is NCC1(N2CCC3(CCCCC3)C2)CCSC1. The molecule has 2 N–H and O–H groups in total. The normalized spacial score (nSPS) is 37.9. The molecule has 2 aliphatic heterocycles. The van der Waals surface area contributed by atoms with Crippen LogP contribution in [0.2, 0.25) is 0 Å². The Hall–Kier alpha value is 0.270. The highest BCUT2D eigenvalue weighted by Crippen LogP contribution is 2.47. The average molecular weight is 254 g/mol. The van der Waals surface area contributed by atoms with Gasteiger partial charge in [-0.2, -0.15) is 11.8 Å². The number of nitrogens with zero attached hydrogens (tertiary/aromatic N) is 1. The lowest BCUT2D eigenvalue weighted by molar-refractivity contribution is 0.112. The van der Waals surface area contributed by atoms with Gasteiger partial charge in [0.1, 0.15) is 0 Å². The van der Waals surface area contributed by atoms with E-state index >= 15 is 0 Å². The fraction of sp³-hybridized carbons (Fsp3) is 1.00. The Balaban J connectivity index is 1.70. The molecule has 3 rings (SSSR count). The summed E-state index contributed by atoms with van der Waals surface area (Å²) in [4.78, 5) is 2.78. The largest absolute Gasteiger partial charge is 0.329 e. The zero-order chi connectivity index (χ0) is 11.8. The Morgan fingerprint density at radius 1 is 1.06 bits per heavy atom. The molecule has 1 atom stereocenters. The minimum atomic E-state index is 0.367. The molecule has 3 fully saturated rings. The third kappa shape index (κ3) is 2.15. The van der Waals surface area contributed by atoms with Crippen LogP contribution in [0.15, 0.2) is 0 Å². The third-order valence-corrected chi connectivity index (χ3v) is 6.72. The first-order valence-electron chi connectivity index (χ1n) is 7.32. The maximum atomic E-state index is 6.11. The molecule has 98 valence electrons. The van der Waals surface area contributed by atoms with E-state index in [1.165, 1.54) is 69.5 Å². The van der Waals surface area contributed by atoms with Crippen molar-refractivity contribution in [1.29, 1.82) is 0 Å². The van der Waals surface area contributed by atoms with E-state index in [-0.39, 0.29) is 0 Å². The summed E-state index contributed by atoms with van der Waals surface area (Å²) in [5.74, 6) is 2.60. The van der Waals surface area contributed by atoms with E-state index in [1.807, 2.05) is 0 Å². The topological polar surface area (TPSA) is 29.3 Å². The predicted molar refractivity (Wildman–Crippen MR) is 75.4 cm³/mol. The molecule has 0 bridgehead atoms. The van der Waals surface area contributed by atoms with Crippen LogP contribution in [0.25, 0.3) is 0 Å².